The molecule has 4 N–H and O–H groups in total. The van der Waals surface area contributed by atoms with Crippen molar-refractivity contribution in [1.82, 2.24) is 5.32 Å². The summed E-state index contributed by atoms with van der Waals surface area (Å²) >= 11 is 1.64. The molecule has 0 aliphatic rings. The summed E-state index contributed by atoms with van der Waals surface area (Å²) in [5.74, 6) is -0.238. The molecule has 0 aliphatic carbocycles. The van der Waals surface area contributed by atoms with Crippen molar-refractivity contribution < 1.29 is 14.7 Å². The van der Waals surface area contributed by atoms with Gasteiger partial charge < -0.3 is 16.2 Å². The fourth-order valence-corrected chi connectivity index (χ4v) is 1.77. The van der Waals surface area contributed by atoms with Crippen molar-refractivity contribution in [2.75, 3.05) is 12.0 Å². The van der Waals surface area contributed by atoms with Crippen LogP contribution in [-0.4, -0.2) is 40.6 Å². The molecule has 100 valence electrons. The van der Waals surface area contributed by atoms with Crippen LogP contribution in [0.1, 0.15) is 33.1 Å². The normalized spacial score (nSPS) is 13.2. The summed E-state index contributed by atoms with van der Waals surface area (Å²) in [5.41, 5.74) is 5.19. The maximum Gasteiger partial charge on any atom is 0.303 e. The number of carboxylic acids is 1. The molecule has 0 fully saturated rings. The number of aliphatic carboxylic acids is 1. The van der Waals surface area contributed by atoms with Crippen molar-refractivity contribution >= 4 is 23.6 Å². The SMILES string of the molecule is CSCC[C@H](N)C(=O)NC(C)(C)CCC(=O)O. The Hall–Kier alpha value is -0.750. The standard InChI is InChI=1S/C11H22N2O3S/c1-11(2,6-4-9(14)15)13-10(16)8(12)5-7-17-3/h8H,4-7,12H2,1-3H3,(H,13,16)(H,14,15)/t8-/m0/s1. The van der Waals surface area contributed by atoms with E-state index >= 15 is 0 Å². The molecule has 0 unspecified atom stereocenters. The number of nitrogens with two attached hydrogens (primary N) is 1. The lowest BCUT2D eigenvalue weighted by atomic mass is 9.97. The van der Waals surface area contributed by atoms with Gasteiger partial charge in [-0.3, -0.25) is 9.59 Å². The quantitative estimate of drug-likeness (QED) is 0.602. The zero-order chi connectivity index (χ0) is 13.5. The van der Waals surface area contributed by atoms with Gasteiger partial charge >= 0.3 is 5.97 Å². The summed E-state index contributed by atoms with van der Waals surface area (Å²) in [6, 6.07) is -0.522. The van der Waals surface area contributed by atoms with E-state index in [1.165, 1.54) is 0 Å². The van der Waals surface area contributed by atoms with Gasteiger partial charge in [-0.1, -0.05) is 0 Å². The van der Waals surface area contributed by atoms with E-state index in [9.17, 15) is 9.59 Å². The molecular weight excluding hydrogens is 240 g/mol. The van der Waals surface area contributed by atoms with Crippen LogP contribution < -0.4 is 11.1 Å². The van der Waals surface area contributed by atoms with Crippen LogP contribution >= 0.6 is 11.8 Å². The molecule has 5 nitrogen and oxygen atoms in total. The fraction of sp³-hybridized carbons (Fsp3) is 0.818. The molecule has 0 bridgehead atoms. The van der Waals surface area contributed by atoms with Crippen LogP contribution in [0.25, 0.3) is 0 Å². The van der Waals surface area contributed by atoms with E-state index in [0.29, 0.717) is 12.8 Å². The second-order valence-electron chi connectivity index (χ2n) is 4.65. The van der Waals surface area contributed by atoms with E-state index in [0.717, 1.165) is 5.75 Å². The maximum absolute atomic E-state index is 11.7. The van der Waals surface area contributed by atoms with E-state index in [2.05, 4.69) is 5.32 Å². The highest BCUT2D eigenvalue weighted by atomic mass is 32.2. The monoisotopic (exact) mass is 262 g/mol. The smallest absolute Gasteiger partial charge is 0.303 e. The van der Waals surface area contributed by atoms with Crippen molar-refractivity contribution in [3.05, 3.63) is 0 Å². The average molecular weight is 262 g/mol. The van der Waals surface area contributed by atoms with E-state index in [4.69, 9.17) is 10.8 Å². The Bertz CT molecular complexity index is 269. The Morgan fingerprint density at radius 2 is 2.06 bits per heavy atom. The zero-order valence-electron chi connectivity index (χ0n) is 10.7. The fourth-order valence-electron chi connectivity index (χ4n) is 1.28. The van der Waals surface area contributed by atoms with Crippen LogP contribution in [0.2, 0.25) is 0 Å². The Kier molecular flexibility index (Phi) is 7.22. The van der Waals surface area contributed by atoms with Crippen LogP contribution in [0.15, 0.2) is 0 Å². The molecular formula is C11H22N2O3S. The third-order valence-electron chi connectivity index (χ3n) is 2.40. The lowest BCUT2D eigenvalue weighted by Gasteiger charge is -2.27. The predicted molar refractivity (Wildman–Crippen MR) is 70.1 cm³/mol. The Morgan fingerprint density at radius 1 is 1.47 bits per heavy atom. The first kappa shape index (κ1) is 16.2. The van der Waals surface area contributed by atoms with Gasteiger partial charge in [-0.15, -0.1) is 0 Å². The summed E-state index contributed by atoms with van der Waals surface area (Å²) in [6.45, 7) is 3.60. The van der Waals surface area contributed by atoms with Crippen LogP contribution in [0, 0.1) is 0 Å². The molecule has 0 rings (SSSR count). The van der Waals surface area contributed by atoms with Crippen LogP contribution in [0.3, 0.4) is 0 Å². The number of carbonyl (C=O) groups is 2. The molecule has 0 spiro atoms. The van der Waals surface area contributed by atoms with Crippen molar-refractivity contribution in [2.45, 2.75) is 44.7 Å². The first-order valence-corrected chi connectivity index (χ1v) is 6.96. The maximum atomic E-state index is 11.7. The summed E-state index contributed by atoms with van der Waals surface area (Å²) < 4.78 is 0. The van der Waals surface area contributed by atoms with Crippen molar-refractivity contribution in [3.8, 4) is 0 Å². The minimum atomic E-state index is -0.862. The zero-order valence-corrected chi connectivity index (χ0v) is 11.5. The third kappa shape index (κ3) is 8.04. The van der Waals surface area contributed by atoms with Crippen molar-refractivity contribution in [2.24, 2.45) is 5.73 Å². The van der Waals surface area contributed by atoms with Gasteiger partial charge in [-0.05, 0) is 38.7 Å². The highest BCUT2D eigenvalue weighted by molar-refractivity contribution is 7.98. The second-order valence-corrected chi connectivity index (χ2v) is 5.64. The lowest BCUT2D eigenvalue weighted by Crippen LogP contribution is -2.50. The molecule has 0 aromatic rings. The summed E-state index contributed by atoms with van der Waals surface area (Å²) in [5, 5.41) is 11.4. The van der Waals surface area contributed by atoms with Crippen LogP contribution in [-0.2, 0) is 9.59 Å². The minimum absolute atomic E-state index is 0.0350. The number of hydrogen-bond donors (Lipinski definition) is 3. The van der Waals surface area contributed by atoms with Gasteiger partial charge in [0.15, 0.2) is 0 Å². The largest absolute Gasteiger partial charge is 0.481 e. The molecule has 17 heavy (non-hydrogen) atoms. The predicted octanol–water partition coefficient (Wildman–Crippen LogP) is 0.826. The number of nitrogens with one attached hydrogen (secondary N) is 1. The highest BCUT2D eigenvalue weighted by Crippen LogP contribution is 2.11. The first-order chi connectivity index (χ1) is 7.78. The summed E-state index contributed by atoms with van der Waals surface area (Å²) in [6.07, 6.45) is 3.01. The lowest BCUT2D eigenvalue weighted by molar-refractivity contribution is -0.137. The topological polar surface area (TPSA) is 92.4 Å². The summed E-state index contributed by atoms with van der Waals surface area (Å²) in [4.78, 5) is 22.2. The van der Waals surface area contributed by atoms with E-state index in [1.54, 1.807) is 25.6 Å². The molecule has 0 heterocycles. The van der Waals surface area contributed by atoms with Crippen molar-refractivity contribution in [3.63, 3.8) is 0 Å². The molecule has 1 atom stereocenters. The molecule has 0 saturated heterocycles. The minimum Gasteiger partial charge on any atom is -0.481 e. The number of rotatable bonds is 8. The van der Waals surface area contributed by atoms with Gasteiger partial charge in [-0.2, -0.15) is 11.8 Å². The average Bonchev–Trinajstić information content (AvgIpc) is 2.22. The molecule has 0 radical (unpaired) electrons. The number of carbonyl (C=O) groups excluding carboxylic acids is 1. The number of hydrogen-bond acceptors (Lipinski definition) is 4. The number of amides is 1. The highest BCUT2D eigenvalue weighted by Gasteiger charge is 2.24. The van der Waals surface area contributed by atoms with Crippen LogP contribution in [0.4, 0.5) is 0 Å². The molecule has 0 aromatic heterocycles. The van der Waals surface area contributed by atoms with E-state index < -0.39 is 17.6 Å². The first-order valence-electron chi connectivity index (χ1n) is 5.57. The van der Waals surface area contributed by atoms with E-state index in [-0.39, 0.29) is 12.3 Å². The molecule has 6 heteroatoms. The van der Waals surface area contributed by atoms with Crippen LogP contribution in [0.5, 0.6) is 0 Å². The Balaban J connectivity index is 4.11. The van der Waals surface area contributed by atoms with Gasteiger partial charge in [0, 0.05) is 12.0 Å². The van der Waals surface area contributed by atoms with E-state index in [1.807, 2.05) is 6.26 Å². The number of thioether (sulfide) groups is 1. The third-order valence-corrected chi connectivity index (χ3v) is 3.04. The Morgan fingerprint density at radius 3 is 2.53 bits per heavy atom. The number of carboxylic acid groups (broad SMARTS) is 1. The molecule has 1 amide bonds. The van der Waals surface area contributed by atoms with Gasteiger partial charge in [0.2, 0.25) is 5.91 Å². The van der Waals surface area contributed by atoms with Gasteiger partial charge in [0.05, 0.1) is 6.04 Å². The summed E-state index contributed by atoms with van der Waals surface area (Å²) in [7, 11) is 0. The Labute approximate surface area is 107 Å². The molecule has 0 aromatic carbocycles. The van der Waals surface area contributed by atoms with Crippen molar-refractivity contribution in [1.29, 1.82) is 0 Å². The molecule has 0 saturated carbocycles. The van der Waals surface area contributed by atoms with Gasteiger partial charge in [-0.25, -0.2) is 0 Å². The van der Waals surface area contributed by atoms with Gasteiger partial charge in [0.1, 0.15) is 0 Å². The second kappa shape index (κ2) is 7.55. The molecule has 0 aliphatic heterocycles. The van der Waals surface area contributed by atoms with Gasteiger partial charge in [0.25, 0.3) is 0 Å².